The fourth-order valence-electron chi connectivity index (χ4n) is 10.7. The zero-order valence-corrected chi connectivity index (χ0v) is 51.0. The van der Waals surface area contributed by atoms with Crippen LogP contribution in [0.5, 0.6) is 0 Å². The van der Waals surface area contributed by atoms with Gasteiger partial charge in [-0.15, -0.1) is 0 Å². The van der Waals surface area contributed by atoms with Gasteiger partial charge in [-0.05, 0) is 89.9 Å². The number of allylic oxidation sites excluding steroid dienone is 8. The van der Waals surface area contributed by atoms with Crippen LogP contribution in [0.25, 0.3) is 0 Å². The van der Waals surface area contributed by atoms with E-state index in [2.05, 4.69) is 67.8 Å². The summed E-state index contributed by atoms with van der Waals surface area (Å²) in [6.07, 6.45) is 83.8. The SMILES string of the molecule is CCCCCCCCCCCCC/C=C/CC/C=C/CC/C=C/CCCC(O)C(O)C(CO)NC(=O)C(O)CCCCCCCCCCCCCCCCCC/C=C\CCCCCCCCCCCCCCCCCC. The lowest BCUT2D eigenvalue weighted by atomic mass is 10.00. The molecule has 0 radical (unpaired) electrons. The Bertz CT molecular complexity index is 1250. The molecule has 0 aromatic carbocycles. The number of aliphatic hydroxyl groups is 4. The maximum Gasteiger partial charge on any atom is 0.249 e. The van der Waals surface area contributed by atoms with Gasteiger partial charge in [0, 0.05) is 0 Å². The lowest BCUT2D eigenvalue weighted by molar-refractivity contribution is -0.132. The maximum atomic E-state index is 12.6. The number of carbonyl (C=O) groups excluding carboxylic acids is 1. The summed E-state index contributed by atoms with van der Waals surface area (Å²) in [4.78, 5) is 12.6. The molecule has 1 amide bonds. The third-order valence-electron chi connectivity index (χ3n) is 16.0. The molecule has 0 rings (SSSR count). The summed E-state index contributed by atoms with van der Waals surface area (Å²) in [7, 11) is 0. The standard InChI is InChI=1S/C70H133NO5/c1-3-5-7-9-11-13-15-17-19-21-23-25-27-29-30-31-32-33-34-35-36-37-38-39-40-42-44-46-48-50-52-54-56-58-60-62-64-68(74)70(76)71-66(65-72)69(75)67(73)63-61-59-57-55-53-51-49-47-45-43-41-28-26-24-22-20-18-16-14-12-10-8-6-4-2/h28,33-34,41,47,49,55,57,66-69,72-75H,3-27,29-32,35-40,42-46,48,50-54,56,58-65H2,1-2H3,(H,71,76)/b34-33-,41-28+,49-47+,57-55+. The molecule has 4 atom stereocenters. The van der Waals surface area contributed by atoms with E-state index in [9.17, 15) is 25.2 Å². The van der Waals surface area contributed by atoms with Crippen molar-refractivity contribution < 1.29 is 25.2 Å². The van der Waals surface area contributed by atoms with E-state index >= 15 is 0 Å². The van der Waals surface area contributed by atoms with Crippen molar-refractivity contribution in [2.24, 2.45) is 0 Å². The van der Waals surface area contributed by atoms with E-state index in [0.717, 1.165) is 51.4 Å². The molecular weight excluding hydrogens is 935 g/mol. The second kappa shape index (κ2) is 64.1. The van der Waals surface area contributed by atoms with Gasteiger partial charge in [-0.3, -0.25) is 4.79 Å². The van der Waals surface area contributed by atoms with Crippen LogP contribution in [0.4, 0.5) is 0 Å². The van der Waals surface area contributed by atoms with Gasteiger partial charge in [0.05, 0.1) is 18.8 Å². The highest BCUT2D eigenvalue weighted by atomic mass is 16.3. The Morgan fingerprint density at radius 3 is 0.829 bits per heavy atom. The number of carbonyl (C=O) groups is 1. The number of nitrogens with one attached hydrogen (secondary N) is 1. The molecule has 4 unspecified atom stereocenters. The fraction of sp³-hybridized carbons (Fsp3) is 0.871. The summed E-state index contributed by atoms with van der Waals surface area (Å²) in [6.45, 7) is 4.08. The number of amides is 1. The lowest BCUT2D eigenvalue weighted by Crippen LogP contribution is -2.53. The molecule has 0 bridgehead atoms. The summed E-state index contributed by atoms with van der Waals surface area (Å²) in [5.41, 5.74) is 0. The summed E-state index contributed by atoms with van der Waals surface area (Å²) >= 11 is 0. The highest BCUT2D eigenvalue weighted by molar-refractivity contribution is 5.80. The van der Waals surface area contributed by atoms with Crippen molar-refractivity contribution >= 4 is 5.91 Å². The molecule has 5 N–H and O–H groups in total. The minimum atomic E-state index is -1.30. The molecule has 0 aromatic rings. The summed E-state index contributed by atoms with van der Waals surface area (Å²) < 4.78 is 0. The van der Waals surface area contributed by atoms with Crippen LogP contribution in [-0.2, 0) is 4.79 Å². The zero-order chi connectivity index (χ0) is 55.1. The fourth-order valence-corrected chi connectivity index (χ4v) is 10.7. The van der Waals surface area contributed by atoms with Gasteiger partial charge in [0.25, 0.3) is 0 Å². The third-order valence-corrected chi connectivity index (χ3v) is 16.0. The minimum Gasteiger partial charge on any atom is -0.394 e. The highest BCUT2D eigenvalue weighted by Gasteiger charge is 2.28. The quantitative estimate of drug-likeness (QED) is 0.0308. The molecule has 448 valence electrons. The second-order valence-corrected chi connectivity index (χ2v) is 23.5. The van der Waals surface area contributed by atoms with E-state index < -0.39 is 36.9 Å². The Hall–Kier alpha value is -1.73. The zero-order valence-electron chi connectivity index (χ0n) is 51.0. The van der Waals surface area contributed by atoms with Crippen LogP contribution < -0.4 is 5.32 Å². The predicted molar refractivity (Wildman–Crippen MR) is 334 cm³/mol. The first-order valence-electron chi connectivity index (χ1n) is 34.0. The molecule has 76 heavy (non-hydrogen) atoms. The average molecular weight is 1070 g/mol. The minimum absolute atomic E-state index is 0.360. The number of aliphatic hydroxyl groups excluding tert-OH is 4. The van der Waals surface area contributed by atoms with Gasteiger partial charge in [0.2, 0.25) is 5.91 Å². The first-order chi connectivity index (χ1) is 37.5. The maximum absolute atomic E-state index is 12.6. The third kappa shape index (κ3) is 57.0. The van der Waals surface area contributed by atoms with Gasteiger partial charge in [0.15, 0.2) is 0 Å². The van der Waals surface area contributed by atoms with Crippen LogP contribution in [-0.4, -0.2) is 57.3 Å². The van der Waals surface area contributed by atoms with E-state index in [0.29, 0.717) is 19.3 Å². The molecule has 0 aliphatic rings. The first-order valence-corrected chi connectivity index (χ1v) is 34.0. The number of rotatable bonds is 63. The van der Waals surface area contributed by atoms with Crippen LogP contribution in [0.2, 0.25) is 0 Å². The average Bonchev–Trinajstić information content (AvgIpc) is 3.42. The second-order valence-electron chi connectivity index (χ2n) is 23.5. The Morgan fingerprint density at radius 1 is 0.316 bits per heavy atom. The molecule has 0 heterocycles. The van der Waals surface area contributed by atoms with E-state index in [1.165, 1.54) is 276 Å². The van der Waals surface area contributed by atoms with Crippen LogP contribution in [0, 0.1) is 0 Å². The van der Waals surface area contributed by atoms with Crippen LogP contribution >= 0.6 is 0 Å². The van der Waals surface area contributed by atoms with Crippen molar-refractivity contribution in [2.75, 3.05) is 6.61 Å². The smallest absolute Gasteiger partial charge is 0.249 e. The van der Waals surface area contributed by atoms with Crippen molar-refractivity contribution in [3.05, 3.63) is 48.6 Å². The van der Waals surface area contributed by atoms with Gasteiger partial charge in [-0.25, -0.2) is 0 Å². The van der Waals surface area contributed by atoms with Gasteiger partial charge < -0.3 is 25.7 Å². The topological polar surface area (TPSA) is 110 Å². The Kier molecular flexibility index (Phi) is 62.6. The molecular formula is C70H133NO5. The lowest BCUT2D eigenvalue weighted by Gasteiger charge is -2.27. The van der Waals surface area contributed by atoms with E-state index in [1.54, 1.807) is 0 Å². The van der Waals surface area contributed by atoms with Crippen LogP contribution in [0.1, 0.15) is 361 Å². The van der Waals surface area contributed by atoms with Crippen LogP contribution in [0.3, 0.4) is 0 Å². The van der Waals surface area contributed by atoms with Gasteiger partial charge in [0.1, 0.15) is 12.2 Å². The first kappa shape index (κ1) is 74.3. The van der Waals surface area contributed by atoms with Crippen molar-refractivity contribution in [1.82, 2.24) is 5.32 Å². The largest absolute Gasteiger partial charge is 0.394 e. The molecule has 0 aromatic heterocycles. The normalized spacial score (nSPS) is 13.8. The number of unbranched alkanes of at least 4 members (excludes halogenated alkanes) is 46. The molecule has 0 saturated carbocycles. The number of hydrogen-bond donors (Lipinski definition) is 5. The predicted octanol–water partition coefficient (Wildman–Crippen LogP) is 20.9. The molecule has 0 saturated heterocycles. The molecule has 6 nitrogen and oxygen atoms in total. The van der Waals surface area contributed by atoms with Gasteiger partial charge in [-0.2, -0.15) is 0 Å². The van der Waals surface area contributed by atoms with E-state index in [4.69, 9.17) is 0 Å². The van der Waals surface area contributed by atoms with E-state index in [1.807, 2.05) is 0 Å². The molecule has 6 heteroatoms. The van der Waals surface area contributed by atoms with Crippen molar-refractivity contribution in [3.8, 4) is 0 Å². The Labute approximate surface area is 474 Å². The molecule has 0 aliphatic carbocycles. The summed E-state index contributed by atoms with van der Waals surface area (Å²) in [5.74, 6) is -0.595. The molecule has 0 aliphatic heterocycles. The monoisotopic (exact) mass is 1070 g/mol. The van der Waals surface area contributed by atoms with Gasteiger partial charge >= 0.3 is 0 Å². The summed E-state index contributed by atoms with van der Waals surface area (Å²) in [6, 6.07) is -1.01. The Balaban J connectivity index is 3.59. The molecule has 0 spiro atoms. The Morgan fingerprint density at radius 2 is 0.553 bits per heavy atom. The highest BCUT2D eigenvalue weighted by Crippen LogP contribution is 2.18. The van der Waals surface area contributed by atoms with E-state index in [-0.39, 0.29) is 0 Å². The van der Waals surface area contributed by atoms with Crippen molar-refractivity contribution in [3.63, 3.8) is 0 Å². The van der Waals surface area contributed by atoms with Crippen LogP contribution in [0.15, 0.2) is 48.6 Å². The van der Waals surface area contributed by atoms with Crippen molar-refractivity contribution in [2.45, 2.75) is 385 Å². The van der Waals surface area contributed by atoms with Crippen molar-refractivity contribution in [1.29, 1.82) is 0 Å². The summed E-state index contributed by atoms with van der Waals surface area (Å²) in [5, 5.41) is 44.1. The number of hydrogen-bond acceptors (Lipinski definition) is 5. The molecule has 0 fully saturated rings. The van der Waals surface area contributed by atoms with Gasteiger partial charge in [-0.1, -0.05) is 319 Å².